The molecule has 0 atom stereocenters. The number of tetrazole rings is 1. The smallest absolute Gasteiger partial charge is 0.305 e. The van der Waals surface area contributed by atoms with Crippen molar-refractivity contribution < 1.29 is 14.3 Å². The Kier molecular flexibility index (Phi) is 3.52. The van der Waals surface area contributed by atoms with Gasteiger partial charge in [0.2, 0.25) is 0 Å². The molecule has 1 heterocycles. The van der Waals surface area contributed by atoms with E-state index in [4.69, 9.17) is 16.7 Å². The molecule has 0 aliphatic rings. The van der Waals surface area contributed by atoms with E-state index in [0.29, 0.717) is 0 Å². The highest BCUT2D eigenvalue weighted by Crippen LogP contribution is 2.23. The molecule has 1 aromatic heterocycles. The first-order chi connectivity index (χ1) is 8.58. The van der Waals surface area contributed by atoms with Crippen LogP contribution in [0.4, 0.5) is 4.39 Å². The summed E-state index contributed by atoms with van der Waals surface area (Å²) in [6.07, 6.45) is -0.146. The summed E-state index contributed by atoms with van der Waals surface area (Å²) in [5, 5.41) is 19.6. The lowest BCUT2D eigenvalue weighted by Crippen LogP contribution is -2.08. The van der Waals surface area contributed by atoms with Gasteiger partial charge in [0.05, 0.1) is 18.5 Å². The van der Waals surface area contributed by atoms with Crippen LogP contribution in [0.2, 0.25) is 5.02 Å². The molecule has 2 rings (SSSR count). The normalized spacial score (nSPS) is 10.6. The van der Waals surface area contributed by atoms with Crippen molar-refractivity contribution in [2.45, 2.75) is 13.0 Å². The van der Waals surface area contributed by atoms with Crippen LogP contribution in [-0.2, 0) is 11.3 Å². The molecule has 94 valence electrons. The maximum Gasteiger partial charge on any atom is 0.305 e. The maximum absolute atomic E-state index is 13.7. The van der Waals surface area contributed by atoms with E-state index in [-0.39, 0.29) is 29.4 Å². The Labute approximate surface area is 106 Å². The molecule has 0 bridgehead atoms. The standard InChI is InChI=1S/C10H8ClFN4O2/c11-6-1-2-7(8(12)5-6)10-13-14-15-16(10)4-3-9(17)18/h1-2,5H,3-4H2,(H,17,18). The number of aliphatic carboxylic acids is 1. The third-order valence-electron chi connectivity index (χ3n) is 2.24. The molecule has 6 nitrogen and oxygen atoms in total. The number of hydrogen-bond donors (Lipinski definition) is 1. The molecular formula is C10H8ClFN4O2. The van der Waals surface area contributed by atoms with Crippen molar-refractivity contribution in [1.29, 1.82) is 0 Å². The Hall–Kier alpha value is -2.02. The van der Waals surface area contributed by atoms with Crippen LogP contribution in [0.15, 0.2) is 18.2 Å². The molecule has 18 heavy (non-hydrogen) atoms. The lowest BCUT2D eigenvalue weighted by molar-refractivity contribution is -0.137. The SMILES string of the molecule is O=C(O)CCn1nnnc1-c1ccc(Cl)cc1F. The molecule has 0 saturated carbocycles. The molecule has 1 N–H and O–H groups in total. The van der Waals surface area contributed by atoms with Crippen molar-refractivity contribution >= 4 is 17.6 Å². The predicted molar refractivity (Wildman–Crippen MR) is 60.5 cm³/mol. The number of carboxylic acid groups (broad SMARTS) is 1. The Morgan fingerprint density at radius 2 is 2.28 bits per heavy atom. The van der Waals surface area contributed by atoms with E-state index in [2.05, 4.69) is 15.5 Å². The van der Waals surface area contributed by atoms with Crippen LogP contribution in [0.25, 0.3) is 11.4 Å². The third kappa shape index (κ3) is 2.62. The summed E-state index contributed by atoms with van der Waals surface area (Å²) in [5.41, 5.74) is 0.176. The molecule has 0 saturated heterocycles. The Bertz CT molecular complexity index is 587. The van der Waals surface area contributed by atoms with Gasteiger partial charge in [-0.05, 0) is 28.6 Å². The Balaban J connectivity index is 2.33. The zero-order valence-corrected chi connectivity index (χ0v) is 9.80. The number of benzene rings is 1. The lowest BCUT2D eigenvalue weighted by atomic mass is 10.2. The van der Waals surface area contributed by atoms with Crippen molar-refractivity contribution in [1.82, 2.24) is 20.2 Å². The lowest BCUT2D eigenvalue weighted by Gasteiger charge is -2.04. The van der Waals surface area contributed by atoms with Crippen LogP contribution in [-0.4, -0.2) is 31.3 Å². The Morgan fingerprint density at radius 3 is 2.94 bits per heavy atom. The van der Waals surface area contributed by atoms with Gasteiger partial charge < -0.3 is 5.11 Å². The number of carbonyl (C=O) groups is 1. The van der Waals surface area contributed by atoms with E-state index >= 15 is 0 Å². The van der Waals surface area contributed by atoms with Crippen molar-refractivity contribution in [3.63, 3.8) is 0 Å². The fourth-order valence-corrected chi connectivity index (χ4v) is 1.58. The van der Waals surface area contributed by atoms with Gasteiger partial charge in [0, 0.05) is 5.02 Å². The number of halogens is 2. The number of rotatable bonds is 4. The van der Waals surface area contributed by atoms with E-state index in [1.54, 1.807) is 0 Å². The summed E-state index contributed by atoms with van der Waals surface area (Å²) >= 11 is 5.64. The van der Waals surface area contributed by atoms with Gasteiger partial charge >= 0.3 is 5.97 Å². The Morgan fingerprint density at radius 1 is 1.50 bits per heavy atom. The van der Waals surface area contributed by atoms with Crippen LogP contribution in [0, 0.1) is 5.82 Å². The van der Waals surface area contributed by atoms with Gasteiger partial charge in [-0.2, -0.15) is 0 Å². The van der Waals surface area contributed by atoms with Gasteiger partial charge in [0.1, 0.15) is 5.82 Å². The van der Waals surface area contributed by atoms with Crippen molar-refractivity contribution in [3.05, 3.63) is 29.0 Å². The topological polar surface area (TPSA) is 80.9 Å². The van der Waals surface area contributed by atoms with Crippen molar-refractivity contribution in [2.75, 3.05) is 0 Å². The second kappa shape index (κ2) is 5.09. The summed E-state index contributed by atoms with van der Waals surface area (Å²) in [6.45, 7) is 0.0692. The second-order valence-electron chi connectivity index (χ2n) is 3.49. The van der Waals surface area contributed by atoms with E-state index in [9.17, 15) is 9.18 Å². The first kappa shape index (κ1) is 12.4. The van der Waals surface area contributed by atoms with Gasteiger partial charge in [0.15, 0.2) is 5.82 Å². The highest BCUT2D eigenvalue weighted by atomic mass is 35.5. The minimum absolute atomic E-state index is 0.0692. The number of aryl methyl sites for hydroxylation is 1. The summed E-state index contributed by atoms with van der Waals surface area (Å²) in [7, 11) is 0. The summed E-state index contributed by atoms with van der Waals surface area (Å²) in [6, 6.07) is 4.10. The van der Waals surface area contributed by atoms with Crippen LogP contribution in [0.3, 0.4) is 0 Å². The fourth-order valence-electron chi connectivity index (χ4n) is 1.42. The monoisotopic (exact) mass is 270 g/mol. The number of aromatic nitrogens is 4. The first-order valence-corrected chi connectivity index (χ1v) is 5.39. The van der Waals surface area contributed by atoms with E-state index < -0.39 is 11.8 Å². The van der Waals surface area contributed by atoms with Gasteiger partial charge in [-0.1, -0.05) is 11.6 Å². The molecule has 0 spiro atoms. The first-order valence-electron chi connectivity index (χ1n) is 5.01. The van der Waals surface area contributed by atoms with Gasteiger partial charge in [0.25, 0.3) is 0 Å². The van der Waals surface area contributed by atoms with Crippen LogP contribution in [0.5, 0.6) is 0 Å². The predicted octanol–water partition coefficient (Wildman–Crippen LogP) is 1.61. The molecule has 0 unspecified atom stereocenters. The molecule has 0 aliphatic heterocycles. The van der Waals surface area contributed by atoms with Crippen LogP contribution in [0.1, 0.15) is 6.42 Å². The molecule has 1 aromatic carbocycles. The molecule has 2 aromatic rings. The maximum atomic E-state index is 13.7. The molecule has 0 radical (unpaired) electrons. The van der Waals surface area contributed by atoms with Gasteiger partial charge in [-0.15, -0.1) is 5.10 Å². The largest absolute Gasteiger partial charge is 0.481 e. The molecular weight excluding hydrogens is 263 g/mol. The number of hydrogen-bond acceptors (Lipinski definition) is 4. The highest BCUT2D eigenvalue weighted by molar-refractivity contribution is 6.30. The van der Waals surface area contributed by atoms with Crippen LogP contribution < -0.4 is 0 Å². The summed E-state index contributed by atoms with van der Waals surface area (Å²) in [4.78, 5) is 10.5. The molecule has 8 heteroatoms. The van der Waals surface area contributed by atoms with E-state index in [1.807, 2.05) is 0 Å². The van der Waals surface area contributed by atoms with E-state index in [1.165, 1.54) is 16.8 Å². The van der Waals surface area contributed by atoms with Gasteiger partial charge in [-0.3, -0.25) is 4.79 Å². The average Bonchev–Trinajstić information content (AvgIpc) is 2.74. The molecule has 0 fully saturated rings. The fraction of sp³-hybridized carbons (Fsp3) is 0.200. The summed E-state index contributed by atoms with van der Waals surface area (Å²) in [5.74, 6) is -1.37. The molecule has 0 aliphatic carbocycles. The minimum Gasteiger partial charge on any atom is -0.481 e. The number of carboxylic acids is 1. The van der Waals surface area contributed by atoms with E-state index in [0.717, 1.165) is 6.07 Å². The minimum atomic E-state index is -0.979. The zero-order valence-electron chi connectivity index (χ0n) is 9.05. The molecule has 0 amide bonds. The second-order valence-corrected chi connectivity index (χ2v) is 3.93. The zero-order chi connectivity index (χ0) is 13.1. The number of nitrogens with zero attached hydrogens (tertiary/aromatic N) is 4. The average molecular weight is 271 g/mol. The van der Waals surface area contributed by atoms with Crippen molar-refractivity contribution in [3.8, 4) is 11.4 Å². The van der Waals surface area contributed by atoms with Crippen molar-refractivity contribution in [2.24, 2.45) is 0 Å². The third-order valence-corrected chi connectivity index (χ3v) is 2.48. The van der Waals surface area contributed by atoms with Crippen LogP contribution >= 0.6 is 11.6 Å². The highest BCUT2D eigenvalue weighted by Gasteiger charge is 2.14. The quantitative estimate of drug-likeness (QED) is 0.913. The van der Waals surface area contributed by atoms with Gasteiger partial charge in [-0.25, -0.2) is 9.07 Å². The summed E-state index contributed by atoms with van der Waals surface area (Å²) < 4.78 is 14.9.